The van der Waals surface area contributed by atoms with Gasteiger partial charge in [0.2, 0.25) is 0 Å². The Labute approximate surface area is 156 Å². The molecule has 1 aromatic heterocycles. The fourth-order valence-corrected chi connectivity index (χ4v) is 4.92. The van der Waals surface area contributed by atoms with Crippen LogP contribution in [0.4, 0.5) is 5.82 Å². The number of hydrogen-bond donors (Lipinski definition) is 5. The highest BCUT2D eigenvalue weighted by Crippen LogP contribution is 2.66. The first-order valence-electron chi connectivity index (χ1n) is 7.08. The van der Waals surface area contributed by atoms with Gasteiger partial charge in [-0.3, -0.25) is 9.09 Å². The van der Waals surface area contributed by atoms with E-state index in [-0.39, 0.29) is 12.4 Å². The lowest BCUT2D eigenvalue weighted by molar-refractivity contribution is -0.0973. The van der Waals surface area contributed by atoms with Crippen molar-refractivity contribution < 1.29 is 55.9 Å². The molecule has 1 fully saturated rings. The summed E-state index contributed by atoms with van der Waals surface area (Å²) in [5, 5.41) is 0. The van der Waals surface area contributed by atoms with Crippen LogP contribution in [0.2, 0.25) is 0 Å². The Morgan fingerprint density at radius 2 is 1.89 bits per heavy atom. The van der Waals surface area contributed by atoms with Crippen molar-refractivity contribution in [3.05, 3.63) is 22.2 Å². The first-order chi connectivity index (χ1) is 12.7. The highest BCUT2D eigenvalue weighted by Gasteiger charge is 2.41. The van der Waals surface area contributed by atoms with Crippen molar-refractivity contribution in [2.45, 2.75) is 19.4 Å². The molecule has 0 aliphatic carbocycles. The summed E-state index contributed by atoms with van der Waals surface area (Å²) in [6.45, 7) is 0.618. The van der Waals surface area contributed by atoms with Gasteiger partial charge in [-0.05, 0) is 6.92 Å². The number of ether oxygens (including phenoxy) is 2. The van der Waals surface area contributed by atoms with Crippen molar-refractivity contribution >= 4 is 29.3 Å². The summed E-state index contributed by atoms with van der Waals surface area (Å²) in [6, 6.07) is 0. The molecule has 0 radical (unpaired) electrons. The van der Waals surface area contributed by atoms with E-state index >= 15 is 0 Å². The molecule has 28 heavy (non-hydrogen) atoms. The zero-order valence-electron chi connectivity index (χ0n) is 13.9. The van der Waals surface area contributed by atoms with E-state index in [1.54, 1.807) is 6.92 Å². The monoisotopic (exact) mass is 467 g/mol. The Morgan fingerprint density at radius 1 is 1.25 bits per heavy atom. The Bertz CT molecular complexity index is 928. The molecule has 2 unspecified atom stereocenters. The van der Waals surface area contributed by atoms with Crippen LogP contribution in [-0.4, -0.2) is 48.6 Å². The van der Waals surface area contributed by atoms with Gasteiger partial charge >= 0.3 is 29.2 Å². The van der Waals surface area contributed by atoms with Gasteiger partial charge in [0.15, 0.2) is 12.5 Å². The standard InChI is InChI=1S/C9H16N3O13P3/c1-5-2-12(9(13)11-8(5)10)6-3-21-7(23-6)4-22-27(17,18)25-28(19,20)24-26(14,15)16/h2,6-7H,3-4H2,1H3,(H,17,18)(H,19,20)(H2,10,11,13)(H2,14,15,16)/t6-,7-/m0/s1. The first kappa shape index (κ1) is 23.3. The molecule has 0 aromatic carbocycles. The van der Waals surface area contributed by atoms with Gasteiger partial charge in [-0.25, -0.2) is 18.5 Å². The van der Waals surface area contributed by atoms with Crippen LogP contribution >= 0.6 is 23.5 Å². The average Bonchev–Trinajstić information content (AvgIpc) is 2.94. The molecule has 1 aliphatic rings. The minimum atomic E-state index is -5.62. The van der Waals surface area contributed by atoms with E-state index in [0.29, 0.717) is 5.56 Å². The Kier molecular flexibility index (Phi) is 6.99. The molecule has 4 atom stereocenters. The van der Waals surface area contributed by atoms with Gasteiger partial charge in [0, 0.05) is 11.8 Å². The second-order valence-corrected chi connectivity index (χ2v) is 9.66. The number of hydrogen-bond acceptors (Lipinski definition) is 11. The molecular weight excluding hydrogens is 451 g/mol. The van der Waals surface area contributed by atoms with Crippen LogP contribution in [0, 0.1) is 6.92 Å². The van der Waals surface area contributed by atoms with Gasteiger partial charge in [-0.2, -0.15) is 13.6 Å². The Balaban J connectivity index is 1.95. The zero-order chi connectivity index (χ0) is 21.3. The molecular formula is C9H16N3O13P3. The lowest BCUT2D eigenvalue weighted by atomic mass is 10.3. The summed E-state index contributed by atoms with van der Waals surface area (Å²) in [7, 11) is -16.4. The molecule has 0 bridgehead atoms. The van der Waals surface area contributed by atoms with Gasteiger partial charge in [-0.15, -0.1) is 0 Å². The molecule has 2 heterocycles. The molecule has 0 spiro atoms. The number of rotatable bonds is 8. The van der Waals surface area contributed by atoms with Crippen molar-refractivity contribution in [3.63, 3.8) is 0 Å². The van der Waals surface area contributed by atoms with Crippen molar-refractivity contribution in [1.82, 2.24) is 9.55 Å². The quantitative estimate of drug-likeness (QED) is 0.298. The van der Waals surface area contributed by atoms with E-state index in [0.717, 1.165) is 4.57 Å². The predicted octanol–water partition coefficient (Wildman–Crippen LogP) is -0.651. The van der Waals surface area contributed by atoms with Crippen LogP contribution in [0.3, 0.4) is 0 Å². The third kappa shape index (κ3) is 6.81. The van der Waals surface area contributed by atoms with Crippen LogP contribution in [0.15, 0.2) is 11.0 Å². The fraction of sp³-hybridized carbons (Fsp3) is 0.556. The fourth-order valence-electron chi connectivity index (χ4n) is 1.92. The summed E-state index contributed by atoms with van der Waals surface area (Å²) in [4.78, 5) is 50.7. The minimum Gasteiger partial charge on any atom is -0.383 e. The van der Waals surface area contributed by atoms with Crippen LogP contribution in [0.25, 0.3) is 0 Å². The summed E-state index contributed by atoms with van der Waals surface area (Å²) >= 11 is 0. The van der Waals surface area contributed by atoms with Gasteiger partial charge in [0.1, 0.15) is 12.4 Å². The maximum atomic E-state index is 11.8. The van der Waals surface area contributed by atoms with Gasteiger partial charge in [0.05, 0.1) is 6.61 Å². The number of aromatic nitrogens is 2. The van der Waals surface area contributed by atoms with Crippen molar-refractivity contribution in [2.75, 3.05) is 18.9 Å². The van der Waals surface area contributed by atoms with E-state index in [9.17, 15) is 23.4 Å². The topological polar surface area (TPSA) is 239 Å². The molecule has 160 valence electrons. The van der Waals surface area contributed by atoms with Gasteiger partial charge in [-0.1, -0.05) is 0 Å². The SMILES string of the molecule is Cc1cn([C@@H]2CO[C@H](COP(=O)(O)OP(=O)(O)OP(=O)(O)O)O2)c(=O)nc1N. The van der Waals surface area contributed by atoms with E-state index in [4.69, 9.17) is 29.9 Å². The van der Waals surface area contributed by atoms with Crippen molar-refractivity contribution in [3.8, 4) is 0 Å². The number of nitrogen functional groups attached to an aromatic ring is 1. The molecule has 1 saturated heterocycles. The predicted molar refractivity (Wildman–Crippen MR) is 87.3 cm³/mol. The van der Waals surface area contributed by atoms with Gasteiger partial charge in [0.25, 0.3) is 0 Å². The van der Waals surface area contributed by atoms with Crippen LogP contribution in [0.1, 0.15) is 11.8 Å². The number of nitrogens with zero attached hydrogens (tertiary/aromatic N) is 2. The second kappa shape index (κ2) is 8.40. The largest absolute Gasteiger partial charge is 0.490 e. The molecule has 19 heteroatoms. The third-order valence-electron chi connectivity index (χ3n) is 3.01. The van der Waals surface area contributed by atoms with Gasteiger partial charge < -0.3 is 34.8 Å². The lowest BCUT2D eigenvalue weighted by Gasteiger charge is -2.18. The zero-order valence-corrected chi connectivity index (χ0v) is 16.6. The normalized spacial score (nSPS) is 24.6. The molecule has 2 rings (SSSR count). The molecule has 6 N–H and O–H groups in total. The molecule has 0 saturated carbocycles. The highest BCUT2D eigenvalue weighted by molar-refractivity contribution is 7.66. The number of nitrogens with two attached hydrogens (primary N) is 1. The average molecular weight is 467 g/mol. The number of phosphoric acid groups is 3. The maximum Gasteiger partial charge on any atom is 0.490 e. The highest BCUT2D eigenvalue weighted by atomic mass is 31.3. The number of aryl methyl sites for hydroxylation is 1. The Morgan fingerprint density at radius 3 is 2.50 bits per heavy atom. The Hall–Kier alpha value is -0.990. The molecule has 0 amide bonds. The minimum absolute atomic E-state index is 0.0318. The summed E-state index contributed by atoms with van der Waals surface area (Å²) in [5.74, 6) is 0.0318. The smallest absolute Gasteiger partial charge is 0.383 e. The second-order valence-electron chi connectivity index (χ2n) is 5.24. The summed E-state index contributed by atoms with van der Waals surface area (Å²) in [6.07, 6.45) is -0.892. The van der Waals surface area contributed by atoms with Crippen LogP contribution in [-0.2, 0) is 36.3 Å². The van der Waals surface area contributed by atoms with E-state index < -0.39 is 48.3 Å². The van der Waals surface area contributed by atoms with E-state index in [2.05, 4.69) is 18.1 Å². The van der Waals surface area contributed by atoms with Crippen LogP contribution in [0.5, 0.6) is 0 Å². The summed E-state index contributed by atoms with van der Waals surface area (Å²) < 4.78 is 56.3. The summed E-state index contributed by atoms with van der Waals surface area (Å²) in [5.41, 5.74) is 5.26. The number of anilines is 1. The van der Waals surface area contributed by atoms with Crippen molar-refractivity contribution in [2.24, 2.45) is 0 Å². The third-order valence-corrected chi connectivity index (χ3v) is 6.81. The van der Waals surface area contributed by atoms with E-state index in [1.165, 1.54) is 6.20 Å². The van der Waals surface area contributed by atoms with E-state index in [1.807, 2.05) is 0 Å². The maximum absolute atomic E-state index is 11.8. The first-order valence-corrected chi connectivity index (χ1v) is 11.6. The molecule has 16 nitrogen and oxygen atoms in total. The van der Waals surface area contributed by atoms with Crippen LogP contribution < -0.4 is 11.4 Å². The van der Waals surface area contributed by atoms with Crippen molar-refractivity contribution in [1.29, 1.82) is 0 Å². The molecule has 1 aliphatic heterocycles. The number of phosphoric ester groups is 1. The molecule has 1 aromatic rings. The lowest BCUT2D eigenvalue weighted by Crippen LogP contribution is -2.29.